The zero-order valence-corrected chi connectivity index (χ0v) is 12.1. The van der Waals surface area contributed by atoms with E-state index in [4.69, 9.17) is 4.74 Å². The summed E-state index contributed by atoms with van der Waals surface area (Å²) in [6, 6.07) is 5.62. The molecule has 22 heavy (non-hydrogen) atoms. The van der Waals surface area contributed by atoms with Crippen LogP contribution in [0.1, 0.15) is 24.8 Å². The summed E-state index contributed by atoms with van der Waals surface area (Å²) in [5.74, 6) is -0.471. The first-order valence-electron chi connectivity index (χ1n) is 7.62. The van der Waals surface area contributed by atoms with Gasteiger partial charge in [0.15, 0.2) is 0 Å². The second-order valence-corrected chi connectivity index (χ2v) is 6.21. The highest BCUT2D eigenvalue weighted by Crippen LogP contribution is 2.38. The Morgan fingerprint density at radius 1 is 1.18 bits per heavy atom. The van der Waals surface area contributed by atoms with Crippen LogP contribution in [0.2, 0.25) is 0 Å². The third-order valence-corrected chi connectivity index (χ3v) is 4.76. The molecule has 3 amide bonds. The van der Waals surface area contributed by atoms with Crippen LogP contribution in [-0.4, -0.2) is 46.5 Å². The minimum Gasteiger partial charge on any atom is -0.373 e. The van der Waals surface area contributed by atoms with Crippen molar-refractivity contribution in [2.45, 2.75) is 44.1 Å². The van der Waals surface area contributed by atoms with Gasteiger partial charge in [-0.3, -0.25) is 9.69 Å². The quantitative estimate of drug-likeness (QED) is 0.802. The number of carbonyl (C=O) groups is 2. The second-order valence-electron chi connectivity index (χ2n) is 6.21. The van der Waals surface area contributed by atoms with E-state index in [1.54, 1.807) is 12.1 Å². The van der Waals surface area contributed by atoms with Gasteiger partial charge in [0, 0.05) is 6.54 Å². The first kappa shape index (κ1) is 13.7. The highest BCUT2D eigenvalue weighted by atomic mass is 19.1. The van der Waals surface area contributed by atoms with Crippen molar-refractivity contribution in [3.05, 3.63) is 35.6 Å². The van der Waals surface area contributed by atoms with Gasteiger partial charge in [0.2, 0.25) is 0 Å². The molecule has 3 saturated heterocycles. The highest BCUT2D eigenvalue weighted by Gasteiger charge is 2.50. The molecule has 3 heterocycles. The summed E-state index contributed by atoms with van der Waals surface area (Å²) < 4.78 is 18.7. The fraction of sp³-hybridized carbons (Fsp3) is 0.500. The van der Waals surface area contributed by atoms with Crippen LogP contribution in [0.4, 0.5) is 9.18 Å². The summed E-state index contributed by atoms with van der Waals surface area (Å²) in [5.41, 5.74) is 0.814. The van der Waals surface area contributed by atoms with Crippen LogP contribution < -0.4 is 0 Å². The van der Waals surface area contributed by atoms with Gasteiger partial charge in [-0.15, -0.1) is 0 Å². The summed E-state index contributed by atoms with van der Waals surface area (Å²) >= 11 is 0. The number of benzene rings is 1. The lowest BCUT2D eigenvalue weighted by atomic mass is 9.94. The van der Waals surface area contributed by atoms with Crippen LogP contribution in [0.25, 0.3) is 0 Å². The molecule has 0 aromatic heterocycles. The van der Waals surface area contributed by atoms with Crippen LogP contribution in [0.5, 0.6) is 0 Å². The van der Waals surface area contributed by atoms with E-state index in [9.17, 15) is 14.0 Å². The van der Waals surface area contributed by atoms with E-state index < -0.39 is 0 Å². The van der Waals surface area contributed by atoms with Crippen molar-refractivity contribution in [1.29, 1.82) is 0 Å². The number of imide groups is 1. The Morgan fingerprint density at radius 2 is 1.95 bits per heavy atom. The number of nitrogens with zero attached hydrogens (tertiary/aromatic N) is 2. The largest absolute Gasteiger partial charge is 0.373 e. The van der Waals surface area contributed by atoms with Crippen molar-refractivity contribution < 1.29 is 18.7 Å². The van der Waals surface area contributed by atoms with Gasteiger partial charge in [0.05, 0.1) is 18.2 Å². The molecule has 2 bridgehead atoms. The fourth-order valence-electron chi connectivity index (χ4n) is 3.71. The number of halogens is 1. The molecule has 3 fully saturated rings. The van der Waals surface area contributed by atoms with E-state index >= 15 is 0 Å². The molecule has 1 aromatic carbocycles. The van der Waals surface area contributed by atoms with Gasteiger partial charge in [-0.1, -0.05) is 12.1 Å². The Kier molecular flexibility index (Phi) is 3.14. The highest BCUT2D eigenvalue weighted by molar-refractivity contribution is 6.02. The van der Waals surface area contributed by atoms with Crippen molar-refractivity contribution in [1.82, 2.24) is 9.80 Å². The summed E-state index contributed by atoms with van der Waals surface area (Å²) in [7, 11) is 0. The fourth-order valence-corrected chi connectivity index (χ4v) is 3.71. The molecule has 3 aliphatic heterocycles. The third-order valence-electron chi connectivity index (χ3n) is 4.76. The molecule has 116 valence electrons. The van der Waals surface area contributed by atoms with Crippen molar-refractivity contribution in [3.8, 4) is 0 Å². The van der Waals surface area contributed by atoms with E-state index in [0.29, 0.717) is 6.54 Å². The number of urea groups is 1. The minimum absolute atomic E-state index is 0.00340. The van der Waals surface area contributed by atoms with E-state index in [2.05, 4.69) is 0 Å². The molecule has 0 N–H and O–H groups in total. The maximum absolute atomic E-state index is 12.9. The average molecular weight is 304 g/mol. The van der Waals surface area contributed by atoms with Crippen molar-refractivity contribution in [3.63, 3.8) is 0 Å². The van der Waals surface area contributed by atoms with Crippen LogP contribution in [-0.2, 0) is 16.1 Å². The standard InChI is InChI=1S/C16H17FN2O3/c17-11-3-1-10(2-4-11)8-18-9-15(20)19(16(18)21)13-7-12-5-6-14(13)22-12/h1-4,12-14H,5-9H2/t12-,13-,14+/m1/s1. The molecule has 0 aliphatic carbocycles. The van der Waals surface area contributed by atoms with Crippen molar-refractivity contribution in [2.24, 2.45) is 0 Å². The van der Waals surface area contributed by atoms with E-state index in [1.807, 2.05) is 0 Å². The molecule has 3 aliphatic rings. The average Bonchev–Trinajstić information content (AvgIpc) is 3.17. The van der Waals surface area contributed by atoms with Crippen molar-refractivity contribution >= 4 is 11.9 Å². The maximum atomic E-state index is 12.9. The summed E-state index contributed by atoms with van der Waals surface area (Å²) in [6.07, 6.45) is 2.90. The number of ether oxygens (including phenoxy) is 1. The molecule has 3 atom stereocenters. The predicted octanol–water partition coefficient (Wildman–Crippen LogP) is 1.91. The Bertz CT molecular complexity index is 618. The number of fused-ring (bicyclic) bond motifs is 2. The van der Waals surface area contributed by atoms with Gasteiger partial charge in [0.1, 0.15) is 12.4 Å². The molecule has 0 spiro atoms. The molecule has 0 unspecified atom stereocenters. The maximum Gasteiger partial charge on any atom is 0.327 e. The van der Waals surface area contributed by atoms with Crippen LogP contribution >= 0.6 is 0 Å². The smallest absolute Gasteiger partial charge is 0.327 e. The third kappa shape index (κ3) is 2.18. The van der Waals surface area contributed by atoms with Gasteiger partial charge in [-0.25, -0.2) is 9.18 Å². The summed E-state index contributed by atoms with van der Waals surface area (Å²) in [5, 5.41) is 0. The predicted molar refractivity (Wildman–Crippen MR) is 75.4 cm³/mol. The molecule has 0 radical (unpaired) electrons. The number of rotatable bonds is 3. The Balaban J connectivity index is 1.48. The van der Waals surface area contributed by atoms with E-state index in [0.717, 1.165) is 24.8 Å². The lowest BCUT2D eigenvalue weighted by molar-refractivity contribution is -0.127. The van der Waals surface area contributed by atoms with Gasteiger partial charge in [0.25, 0.3) is 5.91 Å². The topological polar surface area (TPSA) is 49.9 Å². The van der Waals surface area contributed by atoms with Crippen LogP contribution in [0.3, 0.4) is 0 Å². The van der Waals surface area contributed by atoms with Gasteiger partial charge in [-0.2, -0.15) is 0 Å². The van der Waals surface area contributed by atoms with Gasteiger partial charge in [-0.05, 0) is 37.0 Å². The number of hydrogen-bond donors (Lipinski definition) is 0. The van der Waals surface area contributed by atoms with Gasteiger partial charge >= 0.3 is 6.03 Å². The Labute approximate surface area is 127 Å². The lowest BCUT2D eigenvalue weighted by Crippen LogP contribution is -2.46. The molecular weight excluding hydrogens is 287 g/mol. The zero-order chi connectivity index (χ0) is 15.3. The van der Waals surface area contributed by atoms with E-state index in [-0.39, 0.29) is 42.6 Å². The first-order chi connectivity index (χ1) is 10.6. The molecule has 6 heteroatoms. The summed E-state index contributed by atoms with van der Waals surface area (Å²) in [4.78, 5) is 27.7. The van der Waals surface area contributed by atoms with Crippen LogP contribution in [0, 0.1) is 5.82 Å². The SMILES string of the molecule is O=C1CN(Cc2ccc(F)cc2)C(=O)N1[C@@H]1C[C@H]2CC[C@@H]1O2. The molecule has 1 aromatic rings. The monoisotopic (exact) mass is 304 g/mol. The van der Waals surface area contributed by atoms with Crippen LogP contribution in [0.15, 0.2) is 24.3 Å². The zero-order valence-electron chi connectivity index (χ0n) is 12.1. The number of hydrogen-bond acceptors (Lipinski definition) is 3. The van der Waals surface area contributed by atoms with Crippen molar-refractivity contribution in [2.75, 3.05) is 6.54 Å². The van der Waals surface area contributed by atoms with E-state index in [1.165, 1.54) is 21.9 Å². The number of carbonyl (C=O) groups excluding carboxylic acids is 2. The second kappa shape index (κ2) is 5.05. The molecule has 0 saturated carbocycles. The molecule has 5 nitrogen and oxygen atoms in total. The Morgan fingerprint density at radius 3 is 2.59 bits per heavy atom. The Hall–Kier alpha value is -1.95. The lowest BCUT2D eigenvalue weighted by Gasteiger charge is -2.27. The van der Waals surface area contributed by atoms with Gasteiger partial charge < -0.3 is 9.64 Å². The normalized spacial score (nSPS) is 30.7. The first-order valence-corrected chi connectivity index (χ1v) is 7.62. The number of amides is 3. The summed E-state index contributed by atoms with van der Waals surface area (Å²) in [6.45, 7) is 0.410. The minimum atomic E-state index is -0.312. The molecular formula is C16H17FN2O3. The molecule has 4 rings (SSSR count).